The molecule has 1 rings (SSSR count). The van der Waals surface area contributed by atoms with Gasteiger partial charge in [-0.2, -0.15) is 0 Å². The first kappa shape index (κ1) is 9.90. The number of nitrogens with two attached hydrogens (primary N) is 1. The first-order valence-corrected chi connectivity index (χ1v) is 4.68. The summed E-state index contributed by atoms with van der Waals surface area (Å²) in [5, 5.41) is 0. The quantitative estimate of drug-likeness (QED) is 0.724. The van der Waals surface area contributed by atoms with E-state index in [4.69, 9.17) is 10.5 Å². The molecule has 0 saturated carbocycles. The molecule has 0 unspecified atom stereocenters. The Bertz CT molecular complexity index is 281. The lowest BCUT2D eigenvalue weighted by molar-refractivity contribution is 0.242. The maximum Gasteiger partial charge on any atom is 0.120 e. The SMILES string of the molecule is CCc1cc(OC(C)C)ccc1N. The van der Waals surface area contributed by atoms with Crippen LogP contribution >= 0.6 is 0 Å². The molecule has 0 fully saturated rings. The first-order valence-electron chi connectivity index (χ1n) is 4.68. The van der Waals surface area contributed by atoms with E-state index in [1.807, 2.05) is 32.0 Å². The lowest BCUT2D eigenvalue weighted by Crippen LogP contribution is -2.06. The lowest BCUT2D eigenvalue weighted by atomic mass is 10.1. The molecular formula is C11H17NO. The van der Waals surface area contributed by atoms with Crippen molar-refractivity contribution in [3.63, 3.8) is 0 Å². The maximum absolute atomic E-state index is 5.78. The number of hydrogen-bond donors (Lipinski definition) is 1. The van der Waals surface area contributed by atoms with E-state index in [1.165, 1.54) is 0 Å². The second kappa shape index (κ2) is 4.17. The molecule has 0 aliphatic heterocycles. The van der Waals surface area contributed by atoms with Crippen molar-refractivity contribution in [1.29, 1.82) is 0 Å². The topological polar surface area (TPSA) is 35.2 Å². The van der Waals surface area contributed by atoms with E-state index in [9.17, 15) is 0 Å². The molecule has 72 valence electrons. The molecule has 2 heteroatoms. The minimum atomic E-state index is 0.216. The monoisotopic (exact) mass is 179 g/mol. The molecule has 0 bridgehead atoms. The highest BCUT2D eigenvalue weighted by Gasteiger charge is 2.01. The van der Waals surface area contributed by atoms with E-state index in [2.05, 4.69) is 6.92 Å². The Balaban J connectivity index is 2.86. The van der Waals surface area contributed by atoms with Crippen LogP contribution in [0.15, 0.2) is 18.2 Å². The summed E-state index contributed by atoms with van der Waals surface area (Å²) in [5.41, 5.74) is 7.77. The van der Waals surface area contributed by atoms with Crippen LogP contribution in [0, 0.1) is 0 Å². The largest absolute Gasteiger partial charge is 0.491 e. The highest BCUT2D eigenvalue weighted by atomic mass is 16.5. The van der Waals surface area contributed by atoms with Gasteiger partial charge in [0.2, 0.25) is 0 Å². The molecule has 0 amide bonds. The second-order valence-electron chi connectivity index (χ2n) is 3.38. The van der Waals surface area contributed by atoms with Crippen LogP contribution < -0.4 is 10.5 Å². The molecule has 1 aromatic rings. The summed E-state index contributed by atoms with van der Waals surface area (Å²) >= 11 is 0. The minimum absolute atomic E-state index is 0.216. The van der Waals surface area contributed by atoms with Crippen molar-refractivity contribution in [3.05, 3.63) is 23.8 Å². The Labute approximate surface area is 79.7 Å². The van der Waals surface area contributed by atoms with Gasteiger partial charge < -0.3 is 10.5 Å². The number of nitrogen functional groups attached to an aromatic ring is 1. The van der Waals surface area contributed by atoms with Gasteiger partial charge in [-0.05, 0) is 44.0 Å². The van der Waals surface area contributed by atoms with Crippen molar-refractivity contribution in [2.24, 2.45) is 0 Å². The van der Waals surface area contributed by atoms with Gasteiger partial charge in [-0.1, -0.05) is 6.92 Å². The summed E-state index contributed by atoms with van der Waals surface area (Å²) in [7, 11) is 0. The number of benzene rings is 1. The first-order chi connectivity index (χ1) is 6.13. The zero-order chi connectivity index (χ0) is 9.84. The molecule has 0 heterocycles. The van der Waals surface area contributed by atoms with Crippen LogP contribution in [0.3, 0.4) is 0 Å². The van der Waals surface area contributed by atoms with Crippen LogP contribution in [0.2, 0.25) is 0 Å². The van der Waals surface area contributed by atoms with Crippen LogP contribution in [0.1, 0.15) is 26.3 Å². The van der Waals surface area contributed by atoms with Crippen molar-refractivity contribution in [2.45, 2.75) is 33.3 Å². The Morgan fingerprint density at radius 1 is 1.38 bits per heavy atom. The van der Waals surface area contributed by atoms with Crippen molar-refractivity contribution in [3.8, 4) is 5.75 Å². The average Bonchev–Trinajstić information content (AvgIpc) is 2.07. The van der Waals surface area contributed by atoms with E-state index in [-0.39, 0.29) is 6.10 Å². The number of hydrogen-bond acceptors (Lipinski definition) is 2. The van der Waals surface area contributed by atoms with Gasteiger partial charge in [0.25, 0.3) is 0 Å². The smallest absolute Gasteiger partial charge is 0.120 e. The predicted octanol–water partition coefficient (Wildman–Crippen LogP) is 2.62. The third-order valence-electron chi connectivity index (χ3n) is 1.87. The third-order valence-corrected chi connectivity index (χ3v) is 1.87. The molecule has 0 aliphatic carbocycles. The number of rotatable bonds is 3. The van der Waals surface area contributed by atoms with Crippen molar-refractivity contribution in [1.82, 2.24) is 0 Å². The van der Waals surface area contributed by atoms with E-state index in [0.717, 1.165) is 23.4 Å². The van der Waals surface area contributed by atoms with Gasteiger partial charge in [0.15, 0.2) is 0 Å². The lowest BCUT2D eigenvalue weighted by Gasteiger charge is -2.11. The van der Waals surface area contributed by atoms with Gasteiger partial charge >= 0.3 is 0 Å². The minimum Gasteiger partial charge on any atom is -0.491 e. The van der Waals surface area contributed by atoms with E-state index >= 15 is 0 Å². The standard InChI is InChI=1S/C11H17NO/c1-4-9-7-10(13-8(2)3)5-6-11(9)12/h5-8H,4,12H2,1-3H3. The molecule has 1 aromatic carbocycles. The molecule has 0 atom stereocenters. The van der Waals surface area contributed by atoms with Crippen LogP contribution in [-0.2, 0) is 6.42 Å². The van der Waals surface area contributed by atoms with Crippen LogP contribution in [0.4, 0.5) is 5.69 Å². The normalized spacial score (nSPS) is 10.5. The summed E-state index contributed by atoms with van der Waals surface area (Å²) in [5.74, 6) is 0.904. The molecule has 0 aromatic heterocycles. The molecule has 13 heavy (non-hydrogen) atoms. The van der Waals surface area contributed by atoms with Crippen LogP contribution in [0.25, 0.3) is 0 Å². The van der Waals surface area contributed by atoms with Gasteiger partial charge in [-0.3, -0.25) is 0 Å². The fraction of sp³-hybridized carbons (Fsp3) is 0.455. The number of anilines is 1. The third kappa shape index (κ3) is 2.65. The Morgan fingerprint density at radius 2 is 2.08 bits per heavy atom. The molecular weight excluding hydrogens is 162 g/mol. The number of aryl methyl sites for hydroxylation is 1. The van der Waals surface area contributed by atoms with Gasteiger partial charge in [-0.15, -0.1) is 0 Å². The van der Waals surface area contributed by atoms with Gasteiger partial charge in [-0.25, -0.2) is 0 Å². The molecule has 0 radical (unpaired) electrons. The summed E-state index contributed by atoms with van der Waals surface area (Å²) in [6.45, 7) is 6.12. The van der Waals surface area contributed by atoms with Gasteiger partial charge in [0, 0.05) is 5.69 Å². The highest BCUT2D eigenvalue weighted by molar-refractivity contribution is 5.50. The van der Waals surface area contributed by atoms with Gasteiger partial charge in [0.1, 0.15) is 5.75 Å². The molecule has 0 aliphatic rings. The van der Waals surface area contributed by atoms with Crippen molar-refractivity contribution < 1.29 is 4.74 Å². The fourth-order valence-corrected chi connectivity index (χ4v) is 1.23. The second-order valence-corrected chi connectivity index (χ2v) is 3.38. The Morgan fingerprint density at radius 3 is 2.62 bits per heavy atom. The average molecular weight is 179 g/mol. The molecule has 0 spiro atoms. The summed E-state index contributed by atoms with van der Waals surface area (Å²) in [6, 6.07) is 5.82. The van der Waals surface area contributed by atoms with Crippen molar-refractivity contribution in [2.75, 3.05) is 5.73 Å². The summed E-state index contributed by atoms with van der Waals surface area (Å²) < 4.78 is 5.56. The Hall–Kier alpha value is -1.18. The predicted molar refractivity (Wildman–Crippen MR) is 56.0 cm³/mol. The van der Waals surface area contributed by atoms with E-state index < -0.39 is 0 Å². The van der Waals surface area contributed by atoms with Crippen LogP contribution in [0.5, 0.6) is 5.75 Å². The maximum atomic E-state index is 5.78. The molecule has 2 nitrogen and oxygen atoms in total. The van der Waals surface area contributed by atoms with Crippen molar-refractivity contribution >= 4 is 5.69 Å². The zero-order valence-corrected chi connectivity index (χ0v) is 8.50. The number of ether oxygens (including phenoxy) is 1. The Kier molecular flexibility index (Phi) is 3.18. The fourth-order valence-electron chi connectivity index (χ4n) is 1.23. The van der Waals surface area contributed by atoms with Crippen LogP contribution in [-0.4, -0.2) is 6.10 Å². The zero-order valence-electron chi connectivity index (χ0n) is 8.50. The summed E-state index contributed by atoms with van der Waals surface area (Å²) in [6.07, 6.45) is 1.16. The van der Waals surface area contributed by atoms with E-state index in [1.54, 1.807) is 0 Å². The van der Waals surface area contributed by atoms with E-state index in [0.29, 0.717) is 0 Å². The molecule has 0 saturated heterocycles. The highest BCUT2D eigenvalue weighted by Crippen LogP contribution is 2.20. The molecule has 2 N–H and O–H groups in total. The van der Waals surface area contributed by atoms with Gasteiger partial charge in [0.05, 0.1) is 6.10 Å². The summed E-state index contributed by atoms with van der Waals surface area (Å²) in [4.78, 5) is 0.